The molecule has 0 aliphatic rings. The molecule has 1 amide bonds. The molecule has 1 aromatic carbocycles. The Morgan fingerprint density at radius 2 is 2.18 bits per heavy atom. The zero-order chi connectivity index (χ0) is 12.1. The van der Waals surface area contributed by atoms with Gasteiger partial charge in [0, 0.05) is 0 Å². The average Bonchev–Trinajstić information content (AvgIpc) is 2.77. The molecule has 17 heavy (non-hydrogen) atoms. The second-order valence-electron chi connectivity index (χ2n) is 3.25. The highest BCUT2D eigenvalue weighted by molar-refractivity contribution is 5.89. The Balaban J connectivity index is 1.81. The Hall–Kier alpha value is -2.41. The van der Waals surface area contributed by atoms with Gasteiger partial charge in [0.1, 0.15) is 0 Å². The molecule has 0 fully saturated rings. The van der Waals surface area contributed by atoms with Gasteiger partial charge in [0.15, 0.2) is 0 Å². The van der Waals surface area contributed by atoms with Crippen molar-refractivity contribution in [1.29, 1.82) is 0 Å². The summed E-state index contributed by atoms with van der Waals surface area (Å²) >= 11 is 0. The molecular formula is C10H11N5O2. The van der Waals surface area contributed by atoms with Crippen molar-refractivity contribution in [3.8, 4) is 0 Å². The number of carbonyl (C=O) groups excluding carboxylic acids is 1. The molecule has 7 heteroatoms. The summed E-state index contributed by atoms with van der Waals surface area (Å²) in [5.41, 5.74) is 8.44. The van der Waals surface area contributed by atoms with Crippen LogP contribution < -0.4 is 11.2 Å². The van der Waals surface area contributed by atoms with Crippen LogP contribution in [0.1, 0.15) is 16.2 Å². The van der Waals surface area contributed by atoms with Crippen LogP contribution in [0.2, 0.25) is 0 Å². The van der Waals surface area contributed by atoms with Crippen LogP contribution in [0, 0.1) is 0 Å². The Bertz CT molecular complexity index is 496. The van der Waals surface area contributed by atoms with Crippen molar-refractivity contribution in [2.24, 2.45) is 0 Å². The van der Waals surface area contributed by atoms with Crippen molar-refractivity contribution in [3.63, 3.8) is 0 Å². The van der Waals surface area contributed by atoms with Gasteiger partial charge in [0.05, 0.1) is 6.61 Å². The molecule has 0 unspecified atom stereocenters. The lowest BCUT2D eigenvalue weighted by Crippen LogP contribution is -2.24. The van der Waals surface area contributed by atoms with Crippen LogP contribution >= 0.6 is 0 Å². The number of carbonyl (C=O) groups is 1. The fourth-order valence-corrected chi connectivity index (χ4v) is 1.18. The minimum absolute atomic E-state index is 0.00978. The van der Waals surface area contributed by atoms with Gasteiger partial charge >= 0.3 is 5.91 Å². The van der Waals surface area contributed by atoms with Crippen LogP contribution in [-0.2, 0) is 11.4 Å². The fraction of sp³-hybridized carbons (Fsp3) is 0.100. The number of nitrogens with zero attached hydrogens (tertiary/aromatic N) is 2. The van der Waals surface area contributed by atoms with Gasteiger partial charge in [0.25, 0.3) is 0 Å². The van der Waals surface area contributed by atoms with Crippen molar-refractivity contribution >= 4 is 11.9 Å². The number of rotatable bonds is 4. The van der Waals surface area contributed by atoms with Gasteiger partial charge in [-0.1, -0.05) is 30.3 Å². The molecular weight excluding hydrogens is 222 g/mol. The van der Waals surface area contributed by atoms with Crippen LogP contribution in [0.25, 0.3) is 0 Å². The van der Waals surface area contributed by atoms with Crippen molar-refractivity contribution in [3.05, 3.63) is 41.7 Å². The number of aromatic nitrogens is 3. The Morgan fingerprint density at radius 1 is 1.41 bits per heavy atom. The number of amides is 1. The van der Waals surface area contributed by atoms with Crippen molar-refractivity contribution in [2.45, 2.75) is 6.61 Å². The van der Waals surface area contributed by atoms with E-state index < -0.39 is 5.91 Å². The Morgan fingerprint density at radius 3 is 2.82 bits per heavy atom. The van der Waals surface area contributed by atoms with Crippen molar-refractivity contribution in [2.75, 3.05) is 5.73 Å². The molecule has 0 aliphatic carbocycles. The summed E-state index contributed by atoms with van der Waals surface area (Å²) in [6.07, 6.45) is 0. The SMILES string of the molecule is Nc1n[nH]c(C(=O)NOCc2ccccc2)n1. The third-order valence-electron chi connectivity index (χ3n) is 1.96. The molecule has 2 rings (SSSR count). The Labute approximate surface area is 97.0 Å². The summed E-state index contributed by atoms with van der Waals surface area (Å²) < 4.78 is 0. The highest BCUT2D eigenvalue weighted by Gasteiger charge is 2.10. The van der Waals surface area contributed by atoms with Gasteiger partial charge in [0.2, 0.25) is 11.8 Å². The first kappa shape index (κ1) is 11.1. The molecule has 0 radical (unpaired) electrons. The van der Waals surface area contributed by atoms with E-state index in [1.807, 2.05) is 30.3 Å². The van der Waals surface area contributed by atoms with Crippen LogP contribution in [0.15, 0.2) is 30.3 Å². The number of nitrogen functional groups attached to an aromatic ring is 1. The topological polar surface area (TPSA) is 106 Å². The number of anilines is 1. The van der Waals surface area contributed by atoms with E-state index in [2.05, 4.69) is 20.7 Å². The van der Waals surface area contributed by atoms with E-state index in [9.17, 15) is 4.79 Å². The van der Waals surface area contributed by atoms with Crippen LogP contribution in [-0.4, -0.2) is 21.1 Å². The Kier molecular flexibility index (Phi) is 3.31. The van der Waals surface area contributed by atoms with Gasteiger partial charge in [-0.2, -0.15) is 4.98 Å². The smallest absolute Gasteiger partial charge is 0.312 e. The van der Waals surface area contributed by atoms with E-state index in [4.69, 9.17) is 10.6 Å². The van der Waals surface area contributed by atoms with Gasteiger partial charge in [-0.05, 0) is 5.56 Å². The summed E-state index contributed by atoms with van der Waals surface area (Å²) in [5, 5.41) is 5.90. The highest BCUT2D eigenvalue weighted by Crippen LogP contribution is 1.99. The number of benzene rings is 1. The molecule has 1 heterocycles. The maximum Gasteiger partial charge on any atom is 0.312 e. The molecule has 4 N–H and O–H groups in total. The molecule has 0 atom stereocenters. The summed E-state index contributed by atoms with van der Waals surface area (Å²) in [4.78, 5) is 20.1. The summed E-state index contributed by atoms with van der Waals surface area (Å²) in [6, 6.07) is 9.45. The third kappa shape index (κ3) is 3.02. The average molecular weight is 233 g/mol. The van der Waals surface area contributed by atoms with Gasteiger partial charge in [-0.15, -0.1) is 5.10 Å². The number of aromatic amines is 1. The van der Waals surface area contributed by atoms with E-state index in [1.165, 1.54) is 0 Å². The number of nitrogens with two attached hydrogens (primary N) is 1. The molecule has 88 valence electrons. The second kappa shape index (κ2) is 5.08. The van der Waals surface area contributed by atoms with Gasteiger partial charge < -0.3 is 5.73 Å². The molecule has 7 nitrogen and oxygen atoms in total. The number of hydrogen-bond donors (Lipinski definition) is 3. The highest BCUT2D eigenvalue weighted by atomic mass is 16.6. The van der Waals surface area contributed by atoms with Crippen molar-refractivity contribution < 1.29 is 9.63 Å². The van der Waals surface area contributed by atoms with E-state index in [0.29, 0.717) is 0 Å². The molecule has 1 aromatic heterocycles. The third-order valence-corrected chi connectivity index (χ3v) is 1.96. The standard InChI is InChI=1S/C10H11N5O2/c11-10-12-8(13-14-10)9(16)15-17-6-7-4-2-1-3-5-7/h1-5H,6H2,(H,15,16)(H3,11,12,13,14). The number of hydroxylamine groups is 1. The van der Waals surface area contributed by atoms with Gasteiger partial charge in [-0.25, -0.2) is 5.48 Å². The second-order valence-corrected chi connectivity index (χ2v) is 3.25. The zero-order valence-corrected chi connectivity index (χ0v) is 8.88. The number of hydrogen-bond acceptors (Lipinski definition) is 5. The molecule has 0 spiro atoms. The van der Waals surface area contributed by atoms with E-state index in [-0.39, 0.29) is 18.4 Å². The van der Waals surface area contributed by atoms with Crippen LogP contribution in [0.4, 0.5) is 5.95 Å². The molecule has 2 aromatic rings. The van der Waals surface area contributed by atoms with E-state index in [0.717, 1.165) is 5.56 Å². The first-order valence-corrected chi connectivity index (χ1v) is 4.89. The summed E-state index contributed by atoms with van der Waals surface area (Å²) in [5.74, 6) is -0.501. The quantitative estimate of drug-likeness (QED) is 0.656. The number of H-pyrrole nitrogens is 1. The zero-order valence-electron chi connectivity index (χ0n) is 8.88. The van der Waals surface area contributed by atoms with Crippen molar-refractivity contribution in [1.82, 2.24) is 20.7 Å². The molecule has 0 bridgehead atoms. The summed E-state index contributed by atoms with van der Waals surface area (Å²) in [6.45, 7) is 0.274. The first-order chi connectivity index (χ1) is 8.25. The van der Waals surface area contributed by atoms with E-state index >= 15 is 0 Å². The van der Waals surface area contributed by atoms with Crippen LogP contribution in [0.5, 0.6) is 0 Å². The maximum atomic E-state index is 11.4. The molecule has 0 aliphatic heterocycles. The normalized spacial score (nSPS) is 10.1. The predicted octanol–water partition coefficient (Wildman–Crippen LogP) is 0.248. The lowest BCUT2D eigenvalue weighted by atomic mass is 10.2. The molecule has 0 saturated heterocycles. The monoisotopic (exact) mass is 233 g/mol. The molecule has 0 saturated carbocycles. The minimum Gasteiger partial charge on any atom is -0.366 e. The fourth-order valence-electron chi connectivity index (χ4n) is 1.18. The number of nitrogens with one attached hydrogen (secondary N) is 2. The van der Waals surface area contributed by atoms with Crippen LogP contribution in [0.3, 0.4) is 0 Å². The summed E-state index contributed by atoms with van der Waals surface area (Å²) in [7, 11) is 0. The first-order valence-electron chi connectivity index (χ1n) is 4.89. The predicted molar refractivity (Wildman–Crippen MR) is 59.5 cm³/mol. The lowest BCUT2D eigenvalue weighted by molar-refractivity contribution is 0.0225. The minimum atomic E-state index is -0.523. The lowest BCUT2D eigenvalue weighted by Gasteiger charge is -2.03. The van der Waals surface area contributed by atoms with Gasteiger partial charge in [-0.3, -0.25) is 14.7 Å². The maximum absolute atomic E-state index is 11.4. The van der Waals surface area contributed by atoms with E-state index in [1.54, 1.807) is 0 Å². The largest absolute Gasteiger partial charge is 0.366 e.